The Morgan fingerprint density at radius 3 is 3.04 bits per heavy atom. The topological polar surface area (TPSA) is 94.0 Å². The second kappa shape index (κ2) is 7.09. The van der Waals surface area contributed by atoms with Crippen LogP contribution in [0.15, 0.2) is 41.7 Å². The summed E-state index contributed by atoms with van der Waals surface area (Å²) in [6, 6.07) is 3.74. The van der Waals surface area contributed by atoms with Gasteiger partial charge in [-0.25, -0.2) is 9.97 Å². The van der Waals surface area contributed by atoms with Crippen LogP contribution >= 0.6 is 0 Å². The number of pyridine rings is 2. The quantitative estimate of drug-likeness (QED) is 0.726. The van der Waals surface area contributed by atoms with Gasteiger partial charge in [0.05, 0.1) is 17.7 Å². The molecule has 0 bridgehead atoms. The maximum Gasteiger partial charge on any atom is 0.261 e. The molecule has 2 N–H and O–H groups in total. The molecule has 0 spiro atoms. The number of nitrogens with zero attached hydrogens (tertiary/aromatic N) is 4. The van der Waals surface area contributed by atoms with Crippen LogP contribution in [0.2, 0.25) is 0 Å². The van der Waals surface area contributed by atoms with E-state index in [4.69, 9.17) is 4.74 Å². The van der Waals surface area contributed by atoms with Crippen LogP contribution in [0.4, 0.5) is 17.5 Å². The molecule has 0 radical (unpaired) electrons. The van der Waals surface area contributed by atoms with Gasteiger partial charge >= 0.3 is 0 Å². The fraction of sp³-hybridized carbons (Fsp3) is 0.333. The third-order valence-electron chi connectivity index (χ3n) is 4.40. The molecule has 1 saturated heterocycles. The molecule has 26 heavy (non-hydrogen) atoms. The monoisotopic (exact) mass is 352 g/mol. The second-order valence-electron chi connectivity index (χ2n) is 6.28. The summed E-state index contributed by atoms with van der Waals surface area (Å²) in [6.45, 7) is 1.41. The van der Waals surface area contributed by atoms with Gasteiger partial charge in [0.25, 0.3) is 5.56 Å². The van der Waals surface area contributed by atoms with Crippen LogP contribution in [0.25, 0.3) is 10.8 Å². The third-order valence-corrected chi connectivity index (χ3v) is 4.40. The van der Waals surface area contributed by atoms with Crippen LogP contribution in [-0.2, 0) is 11.8 Å². The number of hydrogen-bond acceptors (Lipinski definition) is 7. The van der Waals surface area contributed by atoms with E-state index in [2.05, 4.69) is 25.6 Å². The Morgan fingerprint density at radius 1 is 1.35 bits per heavy atom. The molecule has 8 nitrogen and oxygen atoms in total. The van der Waals surface area contributed by atoms with E-state index in [-0.39, 0.29) is 11.7 Å². The highest BCUT2D eigenvalue weighted by molar-refractivity contribution is 5.93. The molecule has 0 aromatic carbocycles. The van der Waals surface area contributed by atoms with Gasteiger partial charge in [0.15, 0.2) is 0 Å². The summed E-state index contributed by atoms with van der Waals surface area (Å²) in [6.07, 6.45) is 8.82. The van der Waals surface area contributed by atoms with Crippen LogP contribution in [0.3, 0.4) is 0 Å². The summed E-state index contributed by atoms with van der Waals surface area (Å²) >= 11 is 0. The zero-order valence-corrected chi connectivity index (χ0v) is 14.5. The minimum absolute atomic E-state index is 0.0871. The molecule has 0 amide bonds. The first kappa shape index (κ1) is 16.5. The Morgan fingerprint density at radius 2 is 2.27 bits per heavy atom. The molecular formula is C18H20N6O2. The van der Waals surface area contributed by atoms with E-state index in [1.54, 1.807) is 36.4 Å². The first-order valence-corrected chi connectivity index (χ1v) is 8.59. The van der Waals surface area contributed by atoms with Gasteiger partial charge in [0, 0.05) is 38.8 Å². The van der Waals surface area contributed by atoms with Crippen LogP contribution < -0.4 is 16.2 Å². The van der Waals surface area contributed by atoms with Crippen LogP contribution in [0, 0.1) is 0 Å². The molecule has 4 rings (SSSR count). The van der Waals surface area contributed by atoms with Crippen LogP contribution in [0.5, 0.6) is 0 Å². The molecule has 134 valence electrons. The van der Waals surface area contributed by atoms with E-state index in [0.29, 0.717) is 29.4 Å². The van der Waals surface area contributed by atoms with Gasteiger partial charge in [-0.3, -0.25) is 9.78 Å². The van der Waals surface area contributed by atoms with Gasteiger partial charge in [-0.1, -0.05) is 0 Å². The van der Waals surface area contributed by atoms with E-state index in [0.717, 1.165) is 24.8 Å². The van der Waals surface area contributed by atoms with Gasteiger partial charge in [-0.05, 0) is 30.4 Å². The van der Waals surface area contributed by atoms with Gasteiger partial charge in [0.1, 0.15) is 17.5 Å². The number of fused-ring (bicyclic) bond motifs is 1. The average Bonchev–Trinajstić information content (AvgIpc) is 3.17. The summed E-state index contributed by atoms with van der Waals surface area (Å²) in [5.74, 6) is 1.74. The first-order chi connectivity index (χ1) is 12.7. The lowest BCUT2D eigenvalue weighted by atomic mass is 10.2. The SMILES string of the molecule is Cn1ccc2cc(Nc3cnccn3)nc(NC[C@H]3CCCO3)c2c1=O. The maximum absolute atomic E-state index is 12.6. The van der Waals surface area contributed by atoms with Crippen molar-refractivity contribution in [1.82, 2.24) is 19.5 Å². The van der Waals surface area contributed by atoms with Gasteiger partial charge in [-0.15, -0.1) is 0 Å². The van der Waals surface area contributed by atoms with Crippen molar-refractivity contribution in [3.8, 4) is 0 Å². The van der Waals surface area contributed by atoms with Crippen molar-refractivity contribution < 1.29 is 4.74 Å². The molecule has 1 aliphatic rings. The van der Waals surface area contributed by atoms with Gasteiger partial charge in [0.2, 0.25) is 0 Å². The standard InChI is InChI=1S/C18H20N6O2/c1-24-7-4-12-9-14(22-15-11-19-5-6-20-15)23-17(16(12)18(24)25)21-10-13-3-2-8-26-13/h4-7,9,11,13H,2-3,8,10H2,1H3,(H2,20,21,22,23)/t13-/m1/s1. The molecule has 1 fully saturated rings. The van der Waals surface area contributed by atoms with Crippen LogP contribution in [0.1, 0.15) is 12.8 Å². The molecule has 4 heterocycles. The lowest BCUT2D eigenvalue weighted by molar-refractivity contribution is 0.120. The third kappa shape index (κ3) is 3.36. The molecule has 8 heteroatoms. The number of rotatable bonds is 5. The minimum Gasteiger partial charge on any atom is -0.376 e. The summed E-state index contributed by atoms with van der Waals surface area (Å²) < 4.78 is 7.21. The molecule has 0 saturated carbocycles. The zero-order valence-electron chi connectivity index (χ0n) is 14.5. The highest BCUT2D eigenvalue weighted by Gasteiger charge is 2.17. The fourth-order valence-electron chi connectivity index (χ4n) is 3.06. The predicted octanol–water partition coefficient (Wildman–Crippen LogP) is 2.06. The average molecular weight is 352 g/mol. The molecule has 0 aliphatic carbocycles. The van der Waals surface area contributed by atoms with Crippen molar-refractivity contribution in [2.75, 3.05) is 23.8 Å². The lowest BCUT2D eigenvalue weighted by Gasteiger charge is -2.15. The summed E-state index contributed by atoms with van der Waals surface area (Å²) in [7, 11) is 1.73. The first-order valence-electron chi connectivity index (χ1n) is 8.59. The number of aromatic nitrogens is 4. The molecular weight excluding hydrogens is 332 g/mol. The number of hydrogen-bond donors (Lipinski definition) is 2. The highest BCUT2D eigenvalue weighted by atomic mass is 16.5. The summed E-state index contributed by atoms with van der Waals surface area (Å²) in [5, 5.41) is 7.81. The Kier molecular flexibility index (Phi) is 4.49. The van der Waals surface area contributed by atoms with Crippen molar-refractivity contribution in [2.45, 2.75) is 18.9 Å². The molecule has 1 aliphatic heterocycles. The van der Waals surface area contributed by atoms with E-state index < -0.39 is 0 Å². The Balaban J connectivity index is 1.72. The van der Waals surface area contributed by atoms with Crippen molar-refractivity contribution in [3.63, 3.8) is 0 Å². The predicted molar refractivity (Wildman–Crippen MR) is 99.8 cm³/mol. The van der Waals surface area contributed by atoms with E-state index in [1.165, 1.54) is 0 Å². The summed E-state index contributed by atoms with van der Waals surface area (Å²) in [5.41, 5.74) is -0.0871. The van der Waals surface area contributed by atoms with Crippen LogP contribution in [-0.4, -0.2) is 38.8 Å². The number of aryl methyl sites for hydroxylation is 1. The van der Waals surface area contributed by atoms with Gasteiger partial charge in [-0.2, -0.15) is 0 Å². The summed E-state index contributed by atoms with van der Waals surface area (Å²) in [4.78, 5) is 25.5. The van der Waals surface area contributed by atoms with Gasteiger partial charge < -0.3 is 19.9 Å². The number of nitrogens with one attached hydrogen (secondary N) is 2. The minimum atomic E-state index is -0.0871. The Hall–Kier alpha value is -3.00. The normalized spacial score (nSPS) is 16.7. The molecule has 3 aromatic rings. The highest BCUT2D eigenvalue weighted by Crippen LogP contribution is 2.24. The van der Waals surface area contributed by atoms with Crippen molar-refractivity contribution in [2.24, 2.45) is 7.05 Å². The Labute approximate surface area is 150 Å². The van der Waals surface area contributed by atoms with Crippen molar-refractivity contribution >= 4 is 28.2 Å². The molecule has 0 unspecified atom stereocenters. The molecule has 1 atom stereocenters. The number of anilines is 3. The van der Waals surface area contributed by atoms with E-state index in [9.17, 15) is 4.79 Å². The maximum atomic E-state index is 12.6. The fourth-order valence-corrected chi connectivity index (χ4v) is 3.06. The lowest BCUT2D eigenvalue weighted by Crippen LogP contribution is -2.22. The smallest absolute Gasteiger partial charge is 0.261 e. The zero-order chi connectivity index (χ0) is 17.9. The number of ether oxygens (including phenoxy) is 1. The van der Waals surface area contributed by atoms with Crippen molar-refractivity contribution in [1.29, 1.82) is 0 Å². The van der Waals surface area contributed by atoms with E-state index in [1.807, 2.05) is 12.1 Å². The van der Waals surface area contributed by atoms with Crippen molar-refractivity contribution in [3.05, 3.63) is 47.3 Å². The molecule has 3 aromatic heterocycles. The second-order valence-corrected chi connectivity index (χ2v) is 6.28. The van der Waals surface area contributed by atoms with E-state index >= 15 is 0 Å². The Bertz CT molecular complexity index is 967. The largest absolute Gasteiger partial charge is 0.376 e.